The van der Waals surface area contributed by atoms with Crippen molar-refractivity contribution in [3.05, 3.63) is 70.9 Å². The highest BCUT2D eigenvalue weighted by molar-refractivity contribution is 7.49. The molecule has 0 radical (unpaired) electrons. The number of aryl methyl sites for hydroxylation is 2. The number of allylic oxidation sites excluding steroid dienone is 1. The van der Waals surface area contributed by atoms with Crippen LogP contribution in [-0.4, -0.2) is 58.6 Å². The second kappa shape index (κ2) is 11.1. The van der Waals surface area contributed by atoms with Gasteiger partial charge in [-0.15, -0.1) is 0 Å². The maximum absolute atomic E-state index is 15.4. The summed E-state index contributed by atoms with van der Waals surface area (Å²) in [6.45, 7) is 1.70. The molecule has 0 aliphatic carbocycles. The number of ether oxygens (including phenoxy) is 1. The molecular weight excluding hydrogens is 585 g/mol. The van der Waals surface area contributed by atoms with Crippen LogP contribution in [0.4, 0.5) is 17.6 Å². The molecule has 0 spiro atoms. The topological polar surface area (TPSA) is 112 Å². The molecule has 1 amide bonds. The van der Waals surface area contributed by atoms with Crippen molar-refractivity contribution in [2.24, 2.45) is 0 Å². The van der Waals surface area contributed by atoms with E-state index < -0.39 is 67.9 Å². The maximum atomic E-state index is 15.4. The van der Waals surface area contributed by atoms with Gasteiger partial charge < -0.3 is 18.9 Å². The molecule has 0 unspecified atom stereocenters. The normalized spacial score (nSPS) is 24.8. The molecule has 216 valence electrons. The van der Waals surface area contributed by atoms with E-state index in [0.29, 0.717) is 11.1 Å². The average Bonchev–Trinajstić information content (AvgIpc) is 3.09. The SMILES string of the molecule is Cc1ccc(OP(=O)(OC[C@@]2(C(F)F)O[C@@H](N3C=C(Cl)C(=O)CC3=O)[C@H](O)C2(F)F)Oc2ccc(C)cc2)cc1. The number of phosphoric acid groups is 1. The molecule has 2 heterocycles. The summed E-state index contributed by atoms with van der Waals surface area (Å²) in [6, 6.07) is 11.7. The number of hydrogen-bond donors (Lipinski definition) is 1. The number of nitrogens with zero attached hydrogens (tertiary/aromatic N) is 1. The van der Waals surface area contributed by atoms with Gasteiger partial charge >= 0.3 is 13.7 Å². The Morgan fingerprint density at radius 3 is 2.02 bits per heavy atom. The third kappa shape index (κ3) is 5.75. The quantitative estimate of drug-likeness (QED) is 0.237. The Kier molecular flexibility index (Phi) is 8.35. The number of aliphatic hydroxyl groups is 1. The molecule has 1 N–H and O–H groups in total. The van der Waals surface area contributed by atoms with Gasteiger partial charge in [0.2, 0.25) is 11.5 Å². The number of benzene rings is 2. The molecule has 2 aliphatic rings. The Bertz CT molecular complexity index is 1310. The number of rotatable bonds is 9. The molecular formula is C25H23ClF4NO8P. The van der Waals surface area contributed by atoms with Crippen molar-refractivity contribution in [2.75, 3.05) is 6.61 Å². The van der Waals surface area contributed by atoms with Crippen molar-refractivity contribution in [1.82, 2.24) is 4.90 Å². The van der Waals surface area contributed by atoms with Crippen LogP contribution in [-0.2, 0) is 23.4 Å². The van der Waals surface area contributed by atoms with Gasteiger partial charge in [0, 0.05) is 6.20 Å². The third-order valence-electron chi connectivity index (χ3n) is 6.20. The highest BCUT2D eigenvalue weighted by Crippen LogP contribution is 2.55. The lowest BCUT2D eigenvalue weighted by molar-refractivity contribution is -0.243. The summed E-state index contributed by atoms with van der Waals surface area (Å²) < 4.78 is 93.8. The molecule has 2 aliphatic heterocycles. The van der Waals surface area contributed by atoms with Gasteiger partial charge in [-0.3, -0.25) is 19.0 Å². The number of alkyl halides is 4. The molecule has 4 rings (SSSR count). The predicted molar refractivity (Wildman–Crippen MR) is 132 cm³/mol. The van der Waals surface area contributed by atoms with Gasteiger partial charge in [0.15, 0.2) is 18.1 Å². The van der Waals surface area contributed by atoms with E-state index in [-0.39, 0.29) is 11.5 Å². The van der Waals surface area contributed by atoms with E-state index in [1.807, 2.05) is 0 Å². The van der Waals surface area contributed by atoms with Gasteiger partial charge in [0.25, 0.3) is 6.43 Å². The van der Waals surface area contributed by atoms with Crippen LogP contribution in [0.2, 0.25) is 0 Å². The Morgan fingerprint density at radius 1 is 1.05 bits per heavy atom. The number of ketones is 1. The lowest BCUT2D eigenvalue weighted by Gasteiger charge is -2.34. The van der Waals surface area contributed by atoms with Crippen molar-refractivity contribution in [3.8, 4) is 11.5 Å². The van der Waals surface area contributed by atoms with E-state index in [9.17, 15) is 28.0 Å². The van der Waals surface area contributed by atoms with Crippen LogP contribution in [0.3, 0.4) is 0 Å². The fourth-order valence-corrected chi connectivity index (χ4v) is 5.31. The van der Waals surface area contributed by atoms with Gasteiger partial charge in [-0.1, -0.05) is 47.0 Å². The van der Waals surface area contributed by atoms with Crippen LogP contribution in [0.1, 0.15) is 17.5 Å². The number of carbonyl (C=O) groups is 2. The molecule has 0 saturated carbocycles. The van der Waals surface area contributed by atoms with E-state index >= 15 is 8.78 Å². The van der Waals surface area contributed by atoms with Crippen LogP contribution < -0.4 is 9.05 Å². The summed E-state index contributed by atoms with van der Waals surface area (Å²) in [6.07, 6.45) is -9.71. The third-order valence-corrected chi connectivity index (χ3v) is 7.82. The summed E-state index contributed by atoms with van der Waals surface area (Å²) in [7, 11) is -4.97. The first kappa shape index (κ1) is 30.0. The standard InChI is InChI=1S/C25H23ClF4NO8P/c1-14-3-7-16(8-4-14)38-40(35,39-17-9-5-15(2)6-10-17)36-13-24(23(27)28)25(29,30)21(34)22(37-24)31-12-18(26)19(32)11-20(31)33/h3-10,12,21-23,34H,11,13H2,1-2H3/t21-,22+,24-/m0/s1. The monoisotopic (exact) mass is 607 g/mol. The van der Waals surface area contributed by atoms with Crippen molar-refractivity contribution < 1.29 is 55.1 Å². The molecule has 1 saturated heterocycles. The Labute approximate surface area is 230 Å². The number of carbonyl (C=O) groups excluding carboxylic acids is 2. The van der Waals surface area contributed by atoms with Crippen molar-refractivity contribution in [3.63, 3.8) is 0 Å². The van der Waals surface area contributed by atoms with Gasteiger partial charge in [0.1, 0.15) is 23.1 Å². The van der Waals surface area contributed by atoms with E-state index in [2.05, 4.69) is 0 Å². The molecule has 2 aromatic rings. The molecule has 0 bridgehead atoms. The second-order valence-corrected chi connectivity index (χ2v) is 11.1. The van der Waals surface area contributed by atoms with Gasteiger partial charge in [-0.05, 0) is 38.1 Å². The Morgan fingerprint density at radius 2 is 1.55 bits per heavy atom. The second-order valence-electron chi connectivity index (χ2n) is 9.17. The van der Waals surface area contributed by atoms with Crippen LogP contribution in [0.15, 0.2) is 59.8 Å². The van der Waals surface area contributed by atoms with Crippen molar-refractivity contribution in [1.29, 1.82) is 0 Å². The number of halogens is 5. The fourth-order valence-electron chi connectivity index (χ4n) is 3.88. The summed E-state index contributed by atoms with van der Waals surface area (Å²) in [5, 5.41) is 9.77. The highest BCUT2D eigenvalue weighted by Gasteiger charge is 2.74. The van der Waals surface area contributed by atoms with Gasteiger partial charge in [-0.25, -0.2) is 13.3 Å². The summed E-state index contributed by atoms with van der Waals surface area (Å²) in [4.78, 5) is 24.3. The predicted octanol–water partition coefficient (Wildman–Crippen LogP) is 5.12. The Balaban J connectivity index is 1.66. The fraction of sp³-hybridized carbons (Fsp3) is 0.360. The first-order chi connectivity index (χ1) is 18.7. The Hall–Kier alpha value is -2.96. The van der Waals surface area contributed by atoms with E-state index in [1.54, 1.807) is 38.1 Å². The zero-order valence-corrected chi connectivity index (χ0v) is 22.6. The maximum Gasteiger partial charge on any atom is 0.587 e. The number of amides is 1. The smallest absolute Gasteiger partial charge is 0.395 e. The average molecular weight is 608 g/mol. The molecule has 9 nitrogen and oxygen atoms in total. The van der Waals surface area contributed by atoms with Crippen molar-refractivity contribution >= 4 is 31.1 Å². The molecule has 15 heteroatoms. The zero-order valence-electron chi connectivity index (χ0n) is 20.9. The first-order valence-electron chi connectivity index (χ1n) is 11.7. The van der Waals surface area contributed by atoms with E-state index in [1.165, 1.54) is 24.3 Å². The minimum absolute atomic E-state index is 0.0903. The van der Waals surface area contributed by atoms with E-state index in [4.69, 9.17) is 29.9 Å². The van der Waals surface area contributed by atoms with Crippen molar-refractivity contribution in [2.45, 2.75) is 50.5 Å². The minimum Gasteiger partial charge on any atom is -0.395 e. The first-order valence-corrected chi connectivity index (χ1v) is 13.5. The molecule has 40 heavy (non-hydrogen) atoms. The molecule has 1 fully saturated rings. The van der Waals surface area contributed by atoms with E-state index in [0.717, 1.165) is 11.1 Å². The minimum atomic E-state index is -4.97. The highest BCUT2D eigenvalue weighted by atomic mass is 35.5. The summed E-state index contributed by atoms with van der Waals surface area (Å²) in [5.74, 6) is -6.92. The summed E-state index contributed by atoms with van der Waals surface area (Å²) >= 11 is 5.70. The zero-order chi connectivity index (χ0) is 29.5. The number of phosphoric ester groups is 1. The van der Waals surface area contributed by atoms with Crippen LogP contribution in [0.5, 0.6) is 11.5 Å². The number of hydrogen-bond acceptors (Lipinski definition) is 8. The lowest BCUT2D eigenvalue weighted by Crippen LogP contribution is -2.57. The summed E-state index contributed by atoms with van der Waals surface area (Å²) in [5.41, 5.74) is -2.34. The van der Waals surface area contributed by atoms with Gasteiger partial charge in [-0.2, -0.15) is 8.78 Å². The molecule has 0 aromatic heterocycles. The molecule has 3 atom stereocenters. The van der Waals surface area contributed by atoms with Crippen LogP contribution in [0, 0.1) is 13.8 Å². The largest absolute Gasteiger partial charge is 0.587 e. The van der Waals surface area contributed by atoms with Crippen LogP contribution in [0.25, 0.3) is 0 Å². The van der Waals surface area contributed by atoms with Crippen LogP contribution >= 0.6 is 19.4 Å². The van der Waals surface area contributed by atoms with Gasteiger partial charge in [0.05, 0.1) is 6.42 Å². The molecule has 2 aromatic carbocycles. The lowest BCUT2D eigenvalue weighted by atomic mass is 9.95. The number of Topliss-reactive ketones (excluding diaryl/α,β-unsaturated/α-hetero) is 1. The number of aliphatic hydroxyl groups excluding tert-OH is 1.